The van der Waals surface area contributed by atoms with Gasteiger partial charge in [0, 0.05) is 6.04 Å². The summed E-state index contributed by atoms with van der Waals surface area (Å²) in [6.07, 6.45) is 1.04. The van der Waals surface area contributed by atoms with Crippen molar-refractivity contribution in [3.63, 3.8) is 0 Å². The zero-order chi connectivity index (χ0) is 9.54. The standard InChI is InChI=1S/C11H15NOS/c12-10(3-7-1-2-14-6-7)11-8-4-13-5-9(8)11/h1-2,6,8-11H,3-5,12H2. The summed E-state index contributed by atoms with van der Waals surface area (Å²) in [6.45, 7) is 1.90. The molecule has 3 rings (SSSR count). The van der Waals surface area contributed by atoms with Crippen molar-refractivity contribution in [3.05, 3.63) is 22.4 Å². The Morgan fingerprint density at radius 1 is 1.50 bits per heavy atom. The van der Waals surface area contributed by atoms with E-state index in [9.17, 15) is 0 Å². The van der Waals surface area contributed by atoms with E-state index in [2.05, 4.69) is 16.8 Å². The van der Waals surface area contributed by atoms with E-state index in [0.717, 1.165) is 37.4 Å². The van der Waals surface area contributed by atoms with E-state index in [-0.39, 0.29) is 0 Å². The second-order valence-corrected chi connectivity index (χ2v) is 5.22. The summed E-state index contributed by atoms with van der Waals surface area (Å²) in [5, 5.41) is 4.33. The van der Waals surface area contributed by atoms with E-state index in [1.54, 1.807) is 11.3 Å². The molecule has 0 spiro atoms. The molecule has 3 atom stereocenters. The van der Waals surface area contributed by atoms with Gasteiger partial charge in [-0.1, -0.05) is 0 Å². The summed E-state index contributed by atoms with van der Waals surface area (Å²) in [4.78, 5) is 0. The van der Waals surface area contributed by atoms with Crippen LogP contribution >= 0.6 is 11.3 Å². The normalized spacial score (nSPS) is 36.8. The zero-order valence-corrected chi connectivity index (χ0v) is 8.87. The second kappa shape index (κ2) is 3.33. The van der Waals surface area contributed by atoms with Crippen LogP contribution in [0.4, 0.5) is 0 Å². The summed E-state index contributed by atoms with van der Waals surface area (Å²) in [5.74, 6) is 2.30. The number of thiophene rings is 1. The van der Waals surface area contributed by atoms with Gasteiger partial charge in [-0.2, -0.15) is 11.3 Å². The number of ether oxygens (including phenoxy) is 1. The fourth-order valence-corrected chi connectivity index (χ4v) is 3.42. The van der Waals surface area contributed by atoms with Crippen LogP contribution < -0.4 is 5.73 Å². The summed E-state index contributed by atoms with van der Waals surface area (Å²) in [7, 11) is 0. The molecule has 1 aromatic heterocycles. The molecule has 0 radical (unpaired) electrons. The van der Waals surface area contributed by atoms with Gasteiger partial charge in [-0.25, -0.2) is 0 Å². The number of hydrogen-bond donors (Lipinski definition) is 1. The minimum Gasteiger partial charge on any atom is -0.381 e. The zero-order valence-electron chi connectivity index (χ0n) is 8.06. The molecule has 2 N–H and O–H groups in total. The highest BCUT2D eigenvalue weighted by Gasteiger charge is 2.56. The SMILES string of the molecule is NC(Cc1ccsc1)C1C2COCC21. The summed E-state index contributed by atoms with van der Waals surface area (Å²) < 4.78 is 5.37. The first kappa shape index (κ1) is 8.89. The Bertz CT molecular complexity index is 301. The molecule has 3 unspecified atom stereocenters. The van der Waals surface area contributed by atoms with Gasteiger partial charge in [0.25, 0.3) is 0 Å². The molecule has 1 aliphatic carbocycles. The highest BCUT2D eigenvalue weighted by Crippen LogP contribution is 2.52. The monoisotopic (exact) mass is 209 g/mol. The predicted octanol–water partition coefficient (Wildman–Crippen LogP) is 1.51. The Hall–Kier alpha value is -0.380. The van der Waals surface area contributed by atoms with Crippen LogP contribution in [0.15, 0.2) is 16.8 Å². The van der Waals surface area contributed by atoms with Gasteiger partial charge < -0.3 is 10.5 Å². The van der Waals surface area contributed by atoms with Gasteiger partial charge in [0.2, 0.25) is 0 Å². The molecule has 0 amide bonds. The van der Waals surface area contributed by atoms with E-state index in [4.69, 9.17) is 10.5 Å². The Morgan fingerprint density at radius 2 is 2.29 bits per heavy atom. The lowest BCUT2D eigenvalue weighted by atomic mass is 10.0. The van der Waals surface area contributed by atoms with Crippen molar-refractivity contribution < 1.29 is 4.74 Å². The smallest absolute Gasteiger partial charge is 0.0501 e. The number of hydrogen-bond acceptors (Lipinski definition) is 3. The largest absolute Gasteiger partial charge is 0.381 e. The third-order valence-corrected chi connectivity index (χ3v) is 4.30. The fourth-order valence-electron chi connectivity index (χ4n) is 2.74. The van der Waals surface area contributed by atoms with Gasteiger partial charge >= 0.3 is 0 Å². The first-order chi connectivity index (χ1) is 6.86. The molecular weight excluding hydrogens is 194 g/mol. The molecular formula is C11H15NOS. The van der Waals surface area contributed by atoms with Crippen LogP contribution in [0.5, 0.6) is 0 Å². The first-order valence-electron chi connectivity index (χ1n) is 5.20. The molecule has 2 heterocycles. The molecule has 1 saturated carbocycles. The lowest BCUT2D eigenvalue weighted by Crippen LogP contribution is -2.28. The molecule has 0 aromatic carbocycles. The maximum absolute atomic E-state index is 6.21. The quantitative estimate of drug-likeness (QED) is 0.819. The van der Waals surface area contributed by atoms with Crippen molar-refractivity contribution in [3.8, 4) is 0 Å². The van der Waals surface area contributed by atoms with E-state index in [1.807, 2.05) is 0 Å². The minimum atomic E-state index is 0.350. The van der Waals surface area contributed by atoms with Crippen LogP contribution in [0.2, 0.25) is 0 Å². The average molecular weight is 209 g/mol. The van der Waals surface area contributed by atoms with Crippen molar-refractivity contribution in [2.24, 2.45) is 23.5 Å². The van der Waals surface area contributed by atoms with Crippen molar-refractivity contribution in [2.75, 3.05) is 13.2 Å². The van der Waals surface area contributed by atoms with Crippen LogP contribution in [0, 0.1) is 17.8 Å². The highest BCUT2D eigenvalue weighted by atomic mass is 32.1. The highest BCUT2D eigenvalue weighted by molar-refractivity contribution is 7.07. The van der Waals surface area contributed by atoms with Crippen LogP contribution in [-0.4, -0.2) is 19.3 Å². The van der Waals surface area contributed by atoms with Gasteiger partial charge in [0.05, 0.1) is 13.2 Å². The fraction of sp³-hybridized carbons (Fsp3) is 0.636. The first-order valence-corrected chi connectivity index (χ1v) is 6.15. The number of rotatable bonds is 3. The third kappa shape index (κ3) is 1.40. The minimum absolute atomic E-state index is 0.350. The van der Waals surface area contributed by atoms with Gasteiger partial charge in [0.1, 0.15) is 0 Å². The van der Waals surface area contributed by atoms with Crippen molar-refractivity contribution in [1.29, 1.82) is 0 Å². The van der Waals surface area contributed by atoms with Gasteiger partial charge in [-0.15, -0.1) is 0 Å². The van der Waals surface area contributed by atoms with Crippen LogP contribution in [0.1, 0.15) is 5.56 Å². The molecule has 14 heavy (non-hydrogen) atoms. The molecule has 3 heteroatoms. The Kier molecular flexibility index (Phi) is 2.11. The third-order valence-electron chi connectivity index (χ3n) is 3.56. The van der Waals surface area contributed by atoms with Gasteiger partial charge in [0.15, 0.2) is 0 Å². The van der Waals surface area contributed by atoms with E-state index in [0.29, 0.717) is 6.04 Å². The molecule has 1 aliphatic heterocycles. The van der Waals surface area contributed by atoms with Crippen LogP contribution in [-0.2, 0) is 11.2 Å². The molecule has 2 nitrogen and oxygen atoms in total. The van der Waals surface area contributed by atoms with Gasteiger partial charge in [-0.05, 0) is 46.6 Å². The summed E-state index contributed by atoms with van der Waals surface area (Å²) in [6, 6.07) is 2.53. The topological polar surface area (TPSA) is 35.2 Å². The second-order valence-electron chi connectivity index (χ2n) is 4.44. The van der Waals surface area contributed by atoms with Gasteiger partial charge in [-0.3, -0.25) is 0 Å². The maximum Gasteiger partial charge on any atom is 0.0501 e. The van der Waals surface area contributed by atoms with E-state index in [1.165, 1.54) is 5.56 Å². The molecule has 0 bridgehead atoms. The van der Waals surface area contributed by atoms with Crippen LogP contribution in [0.3, 0.4) is 0 Å². The van der Waals surface area contributed by atoms with E-state index < -0.39 is 0 Å². The molecule has 76 valence electrons. The number of nitrogens with two attached hydrogens (primary N) is 1. The lowest BCUT2D eigenvalue weighted by Gasteiger charge is -2.12. The average Bonchev–Trinajstić information content (AvgIpc) is 2.63. The number of fused-ring (bicyclic) bond motifs is 1. The molecule has 1 aromatic rings. The lowest BCUT2D eigenvalue weighted by molar-refractivity contribution is 0.146. The Balaban J connectivity index is 1.59. The maximum atomic E-state index is 6.21. The predicted molar refractivity (Wildman–Crippen MR) is 57.3 cm³/mol. The van der Waals surface area contributed by atoms with Crippen molar-refractivity contribution in [1.82, 2.24) is 0 Å². The Morgan fingerprint density at radius 3 is 2.93 bits per heavy atom. The van der Waals surface area contributed by atoms with Crippen molar-refractivity contribution in [2.45, 2.75) is 12.5 Å². The molecule has 1 saturated heterocycles. The van der Waals surface area contributed by atoms with E-state index >= 15 is 0 Å². The summed E-state index contributed by atoms with van der Waals surface area (Å²) in [5.41, 5.74) is 7.61. The van der Waals surface area contributed by atoms with Crippen molar-refractivity contribution >= 4 is 11.3 Å². The summed E-state index contributed by atoms with van der Waals surface area (Å²) >= 11 is 1.75. The van der Waals surface area contributed by atoms with Crippen LogP contribution in [0.25, 0.3) is 0 Å². The Labute approximate surface area is 88.1 Å². The molecule has 2 fully saturated rings. The molecule has 2 aliphatic rings.